The Balaban J connectivity index is 2.55. The maximum atomic E-state index is 5.87. The zero-order valence-corrected chi connectivity index (χ0v) is 11.8. The molecule has 0 unspecified atom stereocenters. The molecule has 0 radical (unpaired) electrons. The van der Waals surface area contributed by atoms with Crippen LogP contribution in [0.3, 0.4) is 0 Å². The number of allylic oxidation sites excluding steroid dienone is 1. The van der Waals surface area contributed by atoms with Crippen LogP contribution in [0.25, 0.3) is 0 Å². The van der Waals surface area contributed by atoms with Crippen LogP contribution >= 0.6 is 0 Å². The lowest BCUT2D eigenvalue weighted by molar-refractivity contribution is 0.00578. The van der Waals surface area contributed by atoms with Gasteiger partial charge in [0.05, 0.1) is 11.2 Å². The van der Waals surface area contributed by atoms with Gasteiger partial charge in [0.2, 0.25) is 0 Å². The second-order valence-corrected chi connectivity index (χ2v) is 6.82. The Kier molecular flexibility index (Phi) is 3.61. The lowest BCUT2D eigenvalue weighted by atomic mass is 9.85. The van der Waals surface area contributed by atoms with E-state index in [1.54, 1.807) is 0 Å². The first-order chi connectivity index (χ1) is 7.04. The van der Waals surface area contributed by atoms with Crippen LogP contribution in [0.15, 0.2) is 12.1 Å². The van der Waals surface area contributed by atoms with Crippen molar-refractivity contribution in [2.75, 3.05) is 0 Å². The molecule has 0 aromatic heterocycles. The molecule has 1 rings (SSSR count). The molecule has 0 amide bonds. The maximum absolute atomic E-state index is 5.87. The Morgan fingerprint density at radius 3 is 1.81 bits per heavy atom. The van der Waals surface area contributed by atoms with E-state index in [1.807, 2.05) is 5.98 Å². The smallest absolute Gasteiger partial charge is 0.400 e. The molecule has 2 nitrogen and oxygen atoms in total. The summed E-state index contributed by atoms with van der Waals surface area (Å²) in [6, 6.07) is 0. The lowest BCUT2D eigenvalue weighted by Gasteiger charge is -2.32. The second-order valence-electron chi connectivity index (χ2n) is 6.82. The fourth-order valence-electron chi connectivity index (χ4n) is 1.50. The van der Waals surface area contributed by atoms with Gasteiger partial charge in [-0.1, -0.05) is 32.8 Å². The topological polar surface area (TPSA) is 18.5 Å². The average molecular weight is 224 g/mol. The fraction of sp³-hybridized carbons (Fsp3) is 0.846. The summed E-state index contributed by atoms with van der Waals surface area (Å²) in [6.45, 7) is 15.0. The van der Waals surface area contributed by atoms with Gasteiger partial charge in [-0.3, -0.25) is 0 Å². The molecular weight excluding hydrogens is 199 g/mol. The third kappa shape index (κ3) is 3.36. The van der Waals surface area contributed by atoms with Gasteiger partial charge in [-0.15, -0.1) is 0 Å². The first kappa shape index (κ1) is 13.8. The highest BCUT2D eigenvalue weighted by molar-refractivity contribution is 6.51. The van der Waals surface area contributed by atoms with Crippen LogP contribution in [0.1, 0.15) is 54.9 Å². The summed E-state index contributed by atoms with van der Waals surface area (Å²) >= 11 is 0. The monoisotopic (exact) mass is 224 g/mol. The van der Waals surface area contributed by atoms with E-state index in [9.17, 15) is 0 Å². The van der Waals surface area contributed by atoms with E-state index in [0.717, 1.165) is 6.42 Å². The molecule has 3 heteroatoms. The van der Waals surface area contributed by atoms with Crippen molar-refractivity contribution in [1.29, 1.82) is 0 Å². The molecule has 0 spiro atoms. The standard InChI is InChI=1S/C13H25BO2/c1-11(2,3)9-8-10-14-15-12(4,5)13(6,7)16-14/h8,10H,9H2,1-7H3/b10-8-. The van der Waals surface area contributed by atoms with Crippen molar-refractivity contribution in [3.8, 4) is 0 Å². The third-order valence-corrected chi connectivity index (χ3v) is 3.29. The molecule has 1 heterocycles. The minimum absolute atomic E-state index is 0.202. The largest absolute Gasteiger partial charge is 0.486 e. The van der Waals surface area contributed by atoms with Crippen LogP contribution < -0.4 is 0 Å². The Labute approximate surface area is 101 Å². The van der Waals surface area contributed by atoms with Crippen molar-refractivity contribution in [3.63, 3.8) is 0 Å². The van der Waals surface area contributed by atoms with E-state index in [-0.39, 0.29) is 18.3 Å². The van der Waals surface area contributed by atoms with E-state index in [1.165, 1.54) is 0 Å². The van der Waals surface area contributed by atoms with E-state index >= 15 is 0 Å². The SMILES string of the molecule is CC(C)(C)C/C=C\B1OC(C)(C)C(C)(C)O1. The minimum atomic E-state index is -0.232. The quantitative estimate of drug-likeness (QED) is 0.667. The lowest BCUT2D eigenvalue weighted by Crippen LogP contribution is -2.41. The first-order valence-corrected chi connectivity index (χ1v) is 6.06. The molecule has 0 bridgehead atoms. The van der Waals surface area contributed by atoms with E-state index in [0.29, 0.717) is 5.41 Å². The minimum Gasteiger partial charge on any atom is -0.400 e. The summed E-state index contributed by atoms with van der Waals surface area (Å²) in [6.07, 6.45) is 3.19. The van der Waals surface area contributed by atoms with Gasteiger partial charge in [0.1, 0.15) is 0 Å². The van der Waals surface area contributed by atoms with E-state index in [2.05, 4.69) is 54.5 Å². The predicted molar refractivity (Wildman–Crippen MR) is 69.3 cm³/mol. The number of rotatable bonds is 2. The molecule has 0 aromatic rings. The normalized spacial score (nSPS) is 24.3. The Bertz CT molecular complexity index is 258. The average Bonchev–Trinajstić information content (AvgIpc) is 2.17. The summed E-state index contributed by atoms with van der Waals surface area (Å²) < 4.78 is 11.7. The summed E-state index contributed by atoms with van der Waals surface area (Å²) in [7, 11) is -0.202. The van der Waals surface area contributed by atoms with Crippen LogP contribution in [0.4, 0.5) is 0 Å². The third-order valence-electron chi connectivity index (χ3n) is 3.29. The van der Waals surface area contributed by atoms with Gasteiger partial charge in [0, 0.05) is 0 Å². The molecule has 92 valence electrons. The molecule has 0 atom stereocenters. The van der Waals surface area contributed by atoms with Gasteiger partial charge in [-0.2, -0.15) is 0 Å². The fourth-order valence-corrected chi connectivity index (χ4v) is 1.50. The predicted octanol–water partition coefficient (Wildman–Crippen LogP) is 3.61. The number of hydrogen-bond donors (Lipinski definition) is 0. The highest BCUT2D eigenvalue weighted by Crippen LogP contribution is 2.37. The maximum Gasteiger partial charge on any atom is 0.486 e. The molecular formula is C13H25BO2. The van der Waals surface area contributed by atoms with Crippen LogP contribution in [0.2, 0.25) is 0 Å². The Hall–Kier alpha value is -0.275. The van der Waals surface area contributed by atoms with Gasteiger partial charge in [0.25, 0.3) is 0 Å². The summed E-state index contributed by atoms with van der Waals surface area (Å²) in [5.74, 6) is 2.03. The van der Waals surface area contributed by atoms with Crippen molar-refractivity contribution in [1.82, 2.24) is 0 Å². The highest BCUT2D eigenvalue weighted by Gasteiger charge is 2.49. The van der Waals surface area contributed by atoms with E-state index in [4.69, 9.17) is 9.31 Å². The van der Waals surface area contributed by atoms with Gasteiger partial charge >= 0.3 is 7.12 Å². The molecule has 0 N–H and O–H groups in total. The Morgan fingerprint density at radius 2 is 1.44 bits per heavy atom. The molecule has 0 saturated carbocycles. The highest BCUT2D eigenvalue weighted by atomic mass is 16.7. The summed E-state index contributed by atoms with van der Waals surface area (Å²) in [5.41, 5.74) is -0.145. The Morgan fingerprint density at radius 1 is 1.00 bits per heavy atom. The van der Waals surface area contributed by atoms with Crippen molar-refractivity contribution in [2.24, 2.45) is 5.41 Å². The second kappa shape index (κ2) is 4.19. The van der Waals surface area contributed by atoms with Gasteiger partial charge in [-0.05, 0) is 39.5 Å². The summed E-state index contributed by atoms with van der Waals surface area (Å²) in [4.78, 5) is 0. The first-order valence-electron chi connectivity index (χ1n) is 6.06. The summed E-state index contributed by atoms with van der Waals surface area (Å²) in [5, 5.41) is 0. The molecule has 1 saturated heterocycles. The van der Waals surface area contributed by atoms with Crippen LogP contribution in [0, 0.1) is 5.41 Å². The van der Waals surface area contributed by atoms with Gasteiger partial charge < -0.3 is 9.31 Å². The van der Waals surface area contributed by atoms with Crippen molar-refractivity contribution >= 4 is 7.12 Å². The molecule has 1 fully saturated rings. The zero-order valence-electron chi connectivity index (χ0n) is 11.8. The van der Waals surface area contributed by atoms with E-state index < -0.39 is 0 Å². The molecule has 0 aromatic carbocycles. The van der Waals surface area contributed by atoms with Crippen molar-refractivity contribution in [2.45, 2.75) is 66.1 Å². The molecule has 1 aliphatic rings. The van der Waals surface area contributed by atoms with Crippen LogP contribution in [-0.2, 0) is 9.31 Å². The van der Waals surface area contributed by atoms with Crippen LogP contribution in [-0.4, -0.2) is 18.3 Å². The zero-order chi connectivity index (χ0) is 12.6. The molecule has 16 heavy (non-hydrogen) atoms. The molecule has 0 aliphatic carbocycles. The van der Waals surface area contributed by atoms with Crippen LogP contribution in [0.5, 0.6) is 0 Å². The molecule has 1 aliphatic heterocycles. The van der Waals surface area contributed by atoms with Crippen molar-refractivity contribution < 1.29 is 9.31 Å². The van der Waals surface area contributed by atoms with Gasteiger partial charge in [-0.25, -0.2) is 0 Å². The van der Waals surface area contributed by atoms with Crippen molar-refractivity contribution in [3.05, 3.63) is 12.1 Å². The van der Waals surface area contributed by atoms with Gasteiger partial charge in [0.15, 0.2) is 0 Å². The number of hydrogen-bond acceptors (Lipinski definition) is 2.